The zero-order chi connectivity index (χ0) is 16.9. The van der Waals surface area contributed by atoms with E-state index in [1.807, 2.05) is 4.90 Å². The van der Waals surface area contributed by atoms with E-state index in [2.05, 4.69) is 22.5 Å². The van der Waals surface area contributed by atoms with E-state index in [1.54, 1.807) is 6.92 Å². The molecule has 0 aromatic rings. The number of ether oxygens (including phenoxy) is 1. The van der Waals surface area contributed by atoms with Gasteiger partial charge in [-0.1, -0.05) is 0 Å². The lowest BCUT2D eigenvalue weighted by Gasteiger charge is -2.33. The van der Waals surface area contributed by atoms with Crippen molar-refractivity contribution in [2.75, 3.05) is 45.8 Å². The SMILES string of the molecule is CCNC(=NCCN1CCN(C(C)=O)CC1)NC1CC2CCC1O2.I. The number of rotatable bonds is 5. The van der Waals surface area contributed by atoms with Crippen molar-refractivity contribution in [1.82, 2.24) is 20.4 Å². The Bertz CT molecular complexity index is 468. The first-order chi connectivity index (χ1) is 11.7. The molecule has 3 rings (SSSR count). The molecule has 3 atom stereocenters. The van der Waals surface area contributed by atoms with Crippen LogP contribution in [-0.2, 0) is 9.53 Å². The number of guanidine groups is 1. The molecule has 3 aliphatic heterocycles. The topological polar surface area (TPSA) is 69.2 Å². The van der Waals surface area contributed by atoms with Gasteiger partial charge in [-0.2, -0.15) is 0 Å². The molecule has 8 heteroatoms. The Morgan fingerprint density at radius 2 is 2.00 bits per heavy atom. The number of carbonyl (C=O) groups is 1. The van der Waals surface area contributed by atoms with Gasteiger partial charge in [-0.25, -0.2) is 0 Å². The van der Waals surface area contributed by atoms with Crippen molar-refractivity contribution in [3.63, 3.8) is 0 Å². The number of fused-ring (bicyclic) bond motifs is 2. The fourth-order valence-electron chi connectivity index (χ4n) is 3.87. The molecule has 2 bridgehead atoms. The fourth-order valence-corrected chi connectivity index (χ4v) is 3.87. The summed E-state index contributed by atoms with van der Waals surface area (Å²) >= 11 is 0. The summed E-state index contributed by atoms with van der Waals surface area (Å²) in [5, 5.41) is 6.89. The van der Waals surface area contributed by atoms with Gasteiger partial charge in [0.05, 0.1) is 24.8 Å². The van der Waals surface area contributed by atoms with Crippen LogP contribution in [0.4, 0.5) is 0 Å². The van der Waals surface area contributed by atoms with Crippen LogP contribution in [0.1, 0.15) is 33.1 Å². The maximum Gasteiger partial charge on any atom is 0.219 e. The first-order valence-corrected chi connectivity index (χ1v) is 9.34. The standard InChI is InChI=1S/C17H31N5O2.HI/c1-3-18-17(20-15-12-14-4-5-16(15)24-14)19-6-7-21-8-10-22(11-9-21)13(2)23;/h14-16H,3-12H2,1-2H3,(H2,18,19,20);1H. The summed E-state index contributed by atoms with van der Waals surface area (Å²) in [6, 6.07) is 0.403. The van der Waals surface area contributed by atoms with Gasteiger partial charge in [0.25, 0.3) is 0 Å². The first kappa shape index (κ1) is 20.7. The molecule has 0 aromatic carbocycles. The molecule has 0 aromatic heterocycles. The van der Waals surface area contributed by atoms with Crippen LogP contribution in [0.3, 0.4) is 0 Å². The number of nitrogens with zero attached hydrogens (tertiary/aromatic N) is 3. The normalized spacial score (nSPS) is 29.4. The fraction of sp³-hybridized carbons (Fsp3) is 0.882. The number of carbonyl (C=O) groups excluding carboxylic acids is 1. The van der Waals surface area contributed by atoms with Crippen molar-refractivity contribution >= 4 is 35.8 Å². The second-order valence-electron chi connectivity index (χ2n) is 6.97. The molecule has 25 heavy (non-hydrogen) atoms. The first-order valence-electron chi connectivity index (χ1n) is 9.34. The highest BCUT2D eigenvalue weighted by Crippen LogP contribution is 2.34. The average Bonchev–Trinajstić information content (AvgIpc) is 3.18. The molecule has 0 radical (unpaired) electrons. The monoisotopic (exact) mass is 465 g/mol. The van der Waals surface area contributed by atoms with Crippen molar-refractivity contribution in [2.45, 2.75) is 51.4 Å². The van der Waals surface area contributed by atoms with Gasteiger partial charge in [-0.15, -0.1) is 24.0 Å². The number of piperazine rings is 1. The summed E-state index contributed by atoms with van der Waals surface area (Å²) < 4.78 is 5.91. The lowest BCUT2D eigenvalue weighted by atomic mass is 9.96. The second kappa shape index (κ2) is 9.91. The summed E-state index contributed by atoms with van der Waals surface area (Å²) in [7, 11) is 0. The van der Waals surface area contributed by atoms with Crippen molar-refractivity contribution in [3.8, 4) is 0 Å². The van der Waals surface area contributed by atoms with Crippen LogP contribution in [0, 0.1) is 0 Å². The van der Waals surface area contributed by atoms with E-state index >= 15 is 0 Å². The molecule has 3 fully saturated rings. The number of hydrogen-bond donors (Lipinski definition) is 2. The van der Waals surface area contributed by atoms with E-state index in [0.717, 1.165) is 58.2 Å². The number of nitrogens with one attached hydrogen (secondary N) is 2. The van der Waals surface area contributed by atoms with Crippen LogP contribution in [-0.4, -0.2) is 85.7 Å². The van der Waals surface area contributed by atoms with E-state index < -0.39 is 0 Å². The van der Waals surface area contributed by atoms with Crippen LogP contribution in [0.2, 0.25) is 0 Å². The molecular weight excluding hydrogens is 433 g/mol. The average molecular weight is 465 g/mol. The highest BCUT2D eigenvalue weighted by molar-refractivity contribution is 14.0. The summed E-state index contributed by atoms with van der Waals surface area (Å²) in [4.78, 5) is 20.4. The van der Waals surface area contributed by atoms with Gasteiger partial charge in [0.2, 0.25) is 5.91 Å². The third-order valence-electron chi connectivity index (χ3n) is 5.28. The molecule has 3 aliphatic rings. The van der Waals surface area contributed by atoms with E-state index in [4.69, 9.17) is 9.73 Å². The third-order valence-corrected chi connectivity index (χ3v) is 5.28. The minimum absolute atomic E-state index is 0. The van der Waals surface area contributed by atoms with Crippen LogP contribution >= 0.6 is 24.0 Å². The summed E-state index contributed by atoms with van der Waals surface area (Å²) in [6.07, 6.45) is 4.29. The molecule has 2 N–H and O–H groups in total. The van der Waals surface area contributed by atoms with Crippen LogP contribution in [0.15, 0.2) is 4.99 Å². The molecule has 0 spiro atoms. The zero-order valence-electron chi connectivity index (χ0n) is 15.4. The van der Waals surface area contributed by atoms with E-state index in [9.17, 15) is 4.79 Å². The molecule has 1 amide bonds. The van der Waals surface area contributed by atoms with Crippen LogP contribution in [0.5, 0.6) is 0 Å². The largest absolute Gasteiger partial charge is 0.373 e. The van der Waals surface area contributed by atoms with E-state index in [-0.39, 0.29) is 29.9 Å². The maximum atomic E-state index is 11.4. The van der Waals surface area contributed by atoms with Crippen LogP contribution < -0.4 is 10.6 Å². The smallest absolute Gasteiger partial charge is 0.219 e. The van der Waals surface area contributed by atoms with E-state index in [1.165, 1.54) is 12.8 Å². The van der Waals surface area contributed by atoms with Crippen molar-refractivity contribution < 1.29 is 9.53 Å². The van der Waals surface area contributed by atoms with Gasteiger partial charge >= 0.3 is 0 Å². The molecule has 3 saturated heterocycles. The van der Waals surface area contributed by atoms with Crippen molar-refractivity contribution in [2.24, 2.45) is 4.99 Å². The lowest BCUT2D eigenvalue weighted by Crippen LogP contribution is -2.49. The summed E-state index contributed by atoms with van der Waals surface area (Å²) in [6.45, 7) is 9.87. The molecule has 144 valence electrons. The number of aliphatic imine (C=N–C) groups is 1. The molecule has 3 heterocycles. The van der Waals surface area contributed by atoms with Gasteiger partial charge < -0.3 is 20.3 Å². The minimum atomic E-state index is 0. The highest BCUT2D eigenvalue weighted by Gasteiger charge is 2.41. The summed E-state index contributed by atoms with van der Waals surface area (Å²) in [5.74, 6) is 1.08. The number of hydrogen-bond acceptors (Lipinski definition) is 4. The van der Waals surface area contributed by atoms with E-state index in [0.29, 0.717) is 18.2 Å². The molecule has 3 unspecified atom stereocenters. The molecule has 0 saturated carbocycles. The Morgan fingerprint density at radius 3 is 2.56 bits per heavy atom. The van der Waals surface area contributed by atoms with Crippen molar-refractivity contribution in [1.29, 1.82) is 0 Å². The van der Waals surface area contributed by atoms with Gasteiger partial charge in [-0.3, -0.25) is 14.7 Å². The predicted octanol–water partition coefficient (Wildman–Crippen LogP) is 0.644. The Kier molecular flexibility index (Phi) is 8.21. The third kappa shape index (κ3) is 5.68. The van der Waals surface area contributed by atoms with Gasteiger partial charge in [0.1, 0.15) is 0 Å². The zero-order valence-corrected chi connectivity index (χ0v) is 17.7. The molecule has 0 aliphatic carbocycles. The Balaban J connectivity index is 0.00000225. The van der Waals surface area contributed by atoms with Gasteiger partial charge in [-0.05, 0) is 26.2 Å². The van der Waals surface area contributed by atoms with Crippen molar-refractivity contribution in [3.05, 3.63) is 0 Å². The lowest BCUT2D eigenvalue weighted by molar-refractivity contribution is -0.130. The maximum absolute atomic E-state index is 11.4. The number of halogens is 1. The van der Waals surface area contributed by atoms with Crippen LogP contribution in [0.25, 0.3) is 0 Å². The molecule has 7 nitrogen and oxygen atoms in total. The second-order valence-corrected chi connectivity index (χ2v) is 6.97. The van der Waals surface area contributed by atoms with Gasteiger partial charge in [0.15, 0.2) is 5.96 Å². The molecular formula is C17H32IN5O2. The minimum Gasteiger partial charge on any atom is -0.373 e. The predicted molar refractivity (Wildman–Crippen MR) is 110 cm³/mol. The Labute approximate surface area is 167 Å². The highest BCUT2D eigenvalue weighted by atomic mass is 127. The summed E-state index contributed by atoms with van der Waals surface area (Å²) in [5.41, 5.74) is 0. The number of amides is 1. The van der Waals surface area contributed by atoms with Gasteiger partial charge in [0, 0.05) is 46.2 Å². The Hall–Kier alpha value is -0.610. The quantitative estimate of drug-likeness (QED) is 0.355. The Morgan fingerprint density at radius 1 is 1.24 bits per heavy atom.